The Kier molecular flexibility index (Phi) is 7.15. The molecule has 1 heterocycles. The van der Waals surface area contributed by atoms with Crippen LogP contribution < -0.4 is 10.1 Å². The lowest BCUT2D eigenvalue weighted by atomic mass is 10.1. The Morgan fingerprint density at radius 1 is 1.13 bits per heavy atom. The number of aryl methyl sites for hydroxylation is 1. The van der Waals surface area contributed by atoms with Crippen LogP contribution in [0.25, 0.3) is 5.69 Å². The fourth-order valence-corrected chi connectivity index (χ4v) is 2.97. The summed E-state index contributed by atoms with van der Waals surface area (Å²) >= 11 is 0. The Bertz CT molecular complexity index is 971. The summed E-state index contributed by atoms with van der Waals surface area (Å²) in [5.74, 6) is 0.187. The summed E-state index contributed by atoms with van der Waals surface area (Å²) in [7, 11) is 1.55. The molecule has 2 aromatic carbocycles. The van der Waals surface area contributed by atoms with Crippen LogP contribution in [0.2, 0.25) is 0 Å². The van der Waals surface area contributed by atoms with Gasteiger partial charge in [0.1, 0.15) is 18.4 Å². The number of amides is 2. The lowest BCUT2D eigenvalue weighted by Crippen LogP contribution is -2.41. The van der Waals surface area contributed by atoms with Crippen LogP contribution in [0.15, 0.2) is 61.2 Å². The van der Waals surface area contributed by atoms with Gasteiger partial charge in [0.15, 0.2) is 6.61 Å². The zero-order valence-electron chi connectivity index (χ0n) is 17.1. The third-order valence-electron chi connectivity index (χ3n) is 4.66. The van der Waals surface area contributed by atoms with Crippen molar-refractivity contribution in [2.45, 2.75) is 19.9 Å². The van der Waals surface area contributed by atoms with Crippen LogP contribution in [0.5, 0.6) is 5.75 Å². The average molecular weight is 407 g/mol. The SMILES string of the molecule is CCc1ccccc1OCC(=O)N(CC(=O)NC)Cc1ccc(-n2cncn2)cc1. The Morgan fingerprint density at radius 3 is 2.57 bits per heavy atom. The Morgan fingerprint density at radius 2 is 1.90 bits per heavy atom. The van der Waals surface area contributed by atoms with E-state index in [0.717, 1.165) is 23.2 Å². The lowest BCUT2D eigenvalue weighted by molar-refractivity contribution is -0.138. The lowest BCUT2D eigenvalue weighted by Gasteiger charge is -2.22. The second-order valence-corrected chi connectivity index (χ2v) is 6.68. The highest BCUT2D eigenvalue weighted by molar-refractivity contribution is 5.85. The van der Waals surface area contributed by atoms with Crippen LogP contribution >= 0.6 is 0 Å². The van der Waals surface area contributed by atoms with Gasteiger partial charge >= 0.3 is 0 Å². The number of carbonyl (C=O) groups is 2. The van der Waals surface area contributed by atoms with E-state index < -0.39 is 0 Å². The molecule has 1 aromatic heterocycles. The largest absolute Gasteiger partial charge is 0.483 e. The molecule has 0 spiro atoms. The predicted octanol–water partition coefficient (Wildman–Crippen LogP) is 1.98. The summed E-state index contributed by atoms with van der Waals surface area (Å²) in [6, 6.07) is 15.2. The summed E-state index contributed by atoms with van der Waals surface area (Å²) in [6.07, 6.45) is 3.89. The molecule has 0 aliphatic rings. The van der Waals surface area contributed by atoms with Crippen LogP contribution in [-0.2, 0) is 22.6 Å². The maximum absolute atomic E-state index is 12.8. The number of rotatable bonds is 9. The van der Waals surface area contributed by atoms with Crippen molar-refractivity contribution >= 4 is 11.8 Å². The van der Waals surface area contributed by atoms with E-state index in [2.05, 4.69) is 15.4 Å². The number of likely N-dealkylation sites (N-methyl/N-ethyl adjacent to an activating group) is 1. The van der Waals surface area contributed by atoms with Crippen molar-refractivity contribution in [1.82, 2.24) is 25.0 Å². The van der Waals surface area contributed by atoms with E-state index in [1.807, 2.05) is 55.5 Å². The van der Waals surface area contributed by atoms with Crippen molar-refractivity contribution < 1.29 is 14.3 Å². The van der Waals surface area contributed by atoms with Crippen LogP contribution in [0, 0.1) is 0 Å². The van der Waals surface area contributed by atoms with Gasteiger partial charge in [-0.05, 0) is 35.7 Å². The quantitative estimate of drug-likeness (QED) is 0.586. The maximum atomic E-state index is 12.8. The van der Waals surface area contributed by atoms with Crippen LogP contribution in [-0.4, -0.2) is 51.7 Å². The first-order chi connectivity index (χ1) is 14.6. The molecule has 0 aliphatic carbocycles. The van der Waals surface area contributed by atoms with Crippen molar-refractivity contribution in [2.75, 3.05) is 20.2 Å². The third-order valence-corrected chi connectivity index (χ3v) is 4.66. The molecule has 3 aromatic rings. The van der Waals surface area contributed by atoms with Gasteiger partial charge in [-0.1, -0.05) is 37.3 Å². The van der Waals surface area contributed by atoms with Crippen molar-refractivity contribution in [3.05, 3.63) is 72.3 Å². The molecule has 0 unspecified atom stereocenters. The smallest absolute Gasteiger partial charge is 0.261 e. The molecule has 0 fully saturated rings. The van der Waals surface area contributed by atoms with Gasteiger partial charge in [0, 0.05) is 13.6 Å². The Labute approximate surface area is 175 Å². The van der Waals surface area contributed by atoms with Crippen molar-refractivity contribution in [1.29, 1.82) is 0 Å². The van der Waals surface area contributed by atoms with Gasteiger partial charge in [0.2, 0.25) is 5.91 Å². The molecule has 0 bridgehead atoms. The van der Waals surface area contributed by atoms with E-state index in [0.29, 0.717) is 12.3 Å². The number of nitrogens with one attached hydrogen (secondary N) is 1. The van der Waals surface area contributed by atoms with E-state index in [9.17, 15) is 9.59 Å². The number of nitrogens with zero attached hydrogens (tertiary/aromatic N) is 4. The summed E-state index contributed by atoms with van der Waals surface area (Å²) in [5.41, 5.74) is 2.79. The van der Waals surface area contributed by atoms with Gasteiger partial charge in [0.05, 0.1) is 12.2 Å². The zero-order valence-corrected chi connectivity index (χ0v) is 17.1. The number of carbonyl (C=O) groups excluding carboxylic acids is 2. The molecule has 0 saturated carbocycles. The first-order valence-corrected chi connectivity index (χ1v) is 9.73. The summed E-state index contributed by atoms with van der Waals surface area (Å²) in [6.45, 7) is 2.15. The molecule has 8 nitrogen and oxygen atoms in total. The number of hydrogen-bond donors (Lipinski definition) is 1. The minimum absolute atomic E-state index is 0.0427. The fourth-order valence-electron chi connectivity index (χ4n) is 2.97. The third kappa shape index (κ3) is 5.44. The maximum Gasteiger partial charge on any atom is 0.261 e. The molecule has 0 saturated heterocycles. The summed E-state index contributed by atoms with van der Waals surface area (Å²) in [4.78, 5) is 30.2. The van der Waals surface area contributed by atoms with E-state index in [4.69, 9.17) is 4.74 Å². The van der Waals surface area contributed by atoms with Crippen molar-refractivity contribution in [3.8, 4) is 11.4 Å². The molecule has 30 heavy (non-hydrogen) atoms. The second-order valence-electron chi connectivity index (χ2n) is 6.68. The highest BCUT2D eigenvalue weighted by Gasteiger charge is 2.18. The number of aromatic nitrogens is 3. The topological polar surface area (TPSA) is 89.4 Å². The molecule has 8 heteroatoms. The minimum atomic E-state index is -0.259. The van der Waals surface area contributed by atoms with Crippen LogP contribution in [0.3, 0.4) is 0 Å². The highest BCUT2D eigenvalue weighted by atomic mass is 16.5. The normalized spacial score (nSPS) is 10.5. The minimum Gasteiger partial charge on any atom is -0.483 e. The van der Waals surface area contributed by atoms with Crippen LogP contribution in [0.1, 0.15) is 18.1 Å². The second kappa shape index (κ2) is 10.2. The molecule has 0 atom stereocenters. The number of ether oxygens (including phenoxy) is 1. The van der Waals surface area contributed by atoms with Crippen molar-refractivity contribution in [3.63, 3.8) is 0 Å². The highest BCUT2D eigenvalue weighted by Crippen LogP contribution is 2.18. The first-order valence-electron chi connectivity index (χ1n) is 9.73. The first kappa shape index (κ1) is 21.0. The molecular weight excluding hydrogens is 382 g/mol. The molecule has 0 radical (unpaired) electrons. The molecule has 3 rings (SSSR count). The number of hydrogen-bond acceptors (Lipinski definition) is 5. The molecule has 0 aliphatic heterocycles. The van der Waals surface area contributed by atoms with E-state index in [1.54, 1.807) is 18.1 Å². The average Bonchev–Trinajstić information content (AvgIpc) is 3.32. The van der Waals surface area contributed by atoms with Gasteiger partial charge in [-0.15, -0.1) is 0 Å². The number of benzene rings is 2. The molecule has 2 amide bonds. The number of para-hydroxylation sites is 1. The van der Waals surface area contributed by atoms with Gasteiger partial charge in [-0.25, -0.2) is 9.67 Å². The molecule has 156 valence electrons. The van der Waals surface area contributed by atoms with Gasteiger partial charge < -0.3 is 15.0 Å². The van der Waals surface area contributed by atoms with E-state index >= 15 is 0 Å². The Balaban J connectivity index is 1.68. The molecule has 1 N–H and O–H groups in total. The standard InChI is InChI=1S/C22H25N5O3/c1-3-18-6-4-5-7-20(18)30-14-22(29)26(13-21(28)23-2)12-17-8-10-19(11-9-17)27-16-24-15-25-27/h4-11,15-16H,3,12-14H2,1-2H3,(H,23,28). The van der Waals surface area contributed by atoms with Crippen molar-refractivity contribution in [2.24, 2.45) is 0 Å². The van der Waals surface area contributed by atoms with Gasteiger partial charge in [-0.3, -0.25) is 9.59 Å². The Hall–Kier alpha value is -3.68. The van der Waals surface area contributed by atoms with E-state index in [1.165, 1.54) is 11.2 Å². The molecular formula is C22H25N5O3. The summed E-state index contributed by atoms with van der Waals surface area (Å²) < 4.78 is 7.40. The van der Waals surface area contributed by atoms with E-state index in [-0.39, 0.29) is 25.0 Å². The predicted molar refractivity (Wildman–Crippen MR) is 112 cm³/mol. The zero-order chi connectivity index (χ0) is 21.3. The van der Waals surface area contributed by atoms with Crippen LogP contribution in [0.4, 0.5) is 0 Å². The van der Waals surface area contributed by atoms with Gasteiger partial charge in [-0.2, -0.15) is 5.10 Å². The fraction of sp³-hybridized carbons (Fsp3) is 0.273. The summed E-state index contributed by atoms with van der Waals surface area (Å²) in [5, 5.41) is 6.66. The van der Waals surface area contributed by atoms with Gasteiger partial charge in [0.25, 0.3) is 5.91 Å². The monoisotopic (exact) mass is 407 g/mol.